The van der Waals surface area contributed by atoms with Crippen LogP contribution in [-0.2, 0) is 30.4 Å². The molecule has 2 aliphatic heterocycles. The Bertz CT molecular complexity index is 924. The van der Waals surface area contributed by atoms with Gasteiger partial charge < -0.3 is 31.3 Å². The fourth-order valence-corrected chi connectivity index (χ4v) is 4.51. The summed E-state index contributed by atoms with van der Waals surface area (Å²) in [6, 6.07) is 6.67. The van der Waals surface area contributed by atoms with E-state index in [1.54, 1.807) is 0 Å². The maximum atomic E-state index is 13.3. The van der Waals surface area contributed by atoms with Gasteiger partial charge in [0.2, 0.25) is 23.6 Å². The molecule has 1 aromatic rings. The molecule has 2 heterocycles. The standard InChI is InChI=1S/C23H31N5O6/c24-13-19(29)26-16(12-15-6-2-1-3-7-15)22(32)28-11-4-8-17(28)21(31)25-14-20(30)27-10-5-9-18(27)23(33)34/h1-3,6-7,16-18H,4-5,8-14,24H2,(H,25,31)(H,26,29)(H,33,34)/t16-,17-,18-/m0/s1. The van der Waals surface area contributed by atoms with Gasteiger partial charge in [0.05, 0.1) is 13.1 Å². The summed E-state index contributed by atoms with van der Waals surface area (Å²) in [6.45, 7) is 0.0838. The first-order valence-corrected chi connectivity index (χ1v) is 11.5. The molecule has 2 saturated heterocycles. The topological polar surface area (TPSA) is 162 Å². The Morgan fingerprint density at radius 3 is 2.29 bits per heavy atom. The highest BCUT2D eigenvalue weighted by atomic mass is 16.4. The minimum Gasteiger partial charge on any atom is -0.480 e. The van der Waals surface area contributed by atoms with Gasteiger partial charge in [-0.15, -0.1) is 0 Å². The summed E-state index contributed by atoms with van der Waals surface area (Å²) in [7, 11) is 0. The Labute approximate surface area is 197 Å². The van der Waals surface area contributed by atoms with Gasteiger partial charge in [0, 0.05) is 19.5 Å². The molecule has 3 rings (SSSR count). The summed E-state index contributed by atoms with van der Waals surface area (Å²) in [6.07, 6.45) is 2.26. The first-order chi connectivity index (χ1) is 16.3. The number of nitrogens with one attached hydrogen (secondary N) is 2. The summed E-state index contributed by atoms with van der Waals surface area (Å²) in [5.74, 6) is -2.87. The number of carboxylic acid groups (broad SMARTS) is 1. The van der Waals surface area contributed by atoms with Crippen LogP contribution in [-0.4, -0.2) is 88.8 Å². The number of carbonyl (C=O) groups is 5. The molecular weight excluding hydrogens is 442 g/mol. The first kappa shape index (κ1) is 25.2. The van der Waals surface area contributed by atoms with Crippen molar-refractivity contribution in [2.75, 3.05) is 26.2 Å². The van der Waals surface area contributed by atoms with Crippen LogP contribution in [0, 0.1) is 0 Å². The lowest BCUT2D eigenvalue weighted by atomic mass is 10.0. The van der Waals surface area contributed by atoms with Crippen LogP contribution >= 0.6 is 0 Å². The van der Waals surface area contributed by atoms with Gasteiger partial charge in [-0.3, -0.25) is 19.2 Å². The lowest BCUT2D eigenvalue weighted by Crippen LogP contribution is -2.55. The van der Waals surface area contributed by atoms with E-state index in [1.807, 2.05) is 30.3 Å². The van der Waals surface area contributed by atoms with Crippen LogP contribution in [0.5, 0.6) is 0 Å². The highest BCUT2D eigenvalue weighted by Crippen LogP contribution is 2.20. The Morgan fingerprint density at radius 1 is 1.00 bits per heavy atom. The second kappa shape index (κ2) is 11.6. The molecule has 11 nitrogen and oxygen atoms in total. The van der Waals surface area contributed by atoms with Crippen molar-refractivity contribution in [3.63, 3.8) is 0 Å². The number of nitrogens with two attached hydrogens (primary N) is 1. The minimum atomic E-state index is -1.06. The summed E-state index contributed by atoms with van der Waals surface area (Å²) in [5.41, 5.74) is 6.27. The molecule has 2 fully saturated rings. The van der Waals surface area contributed by atoms with Crippen LogP contribution in [0.15, 0.2) is 30.3 Å². The van der Waals surface area contributed by atoms with E-state index >= 15 is 0 Å². The van der Waals surface area contributed by atoms with Crippen molar-refractivity contribution in [2.45, 2.75) is 50.2 Å². The third kappa shape index (κ3) is 6.10. The van der Waals surface area contributed by atoms with Crippen molar-refractivity contribution in [3.05, 3.63) is 35.9 Å². The number of likely N-dealkylation sites (tertiary alicyclic amines) is 2. The quantitative estimate of drug-likeness (QED) is 0.352. The van der Waals surface area contributed by atoms with E-state index in [0.717, 1.165) is 5.56 Å². The van der Waals surface area contributed by atoms with Crippen LogP contribution < -0.4 is 16.4 Å². The van der Waals surface area contributed by atoms with Crippen LogP contribution in [0.25, 0.3) is 0 Å². The largest absolute Gasteiger partial charge is 0.480 e. The van der Waals surface area contributed by atoms with Gasteiger partial charge in [0.25, 0.3) is 0 Å². The zero-order valence-electron chi connectivity index (χ0n) is 18.9. The Morgan fingerprint density at radius 2 is 1.65 bits per heavy atom. The maximum absolute atomic E-state index is 13.3. The van der Waals surface area contributed by atoms with Crippen molar-refractivity contribution in [1.82, 2.24) is 20.4 Å². The molecule has 5 N–H and O–H groups in total. The van der Waals surface area contributed by atoms with E-state index in [4.69, 9.17) is 5.73 Å². The van der Waals surface area contributed by atoms with E-state index in [2.05, 4.69) is 10.6 Å². The van der Waals surface area contributed by atoms with Gasteiger partial charge in [-0.05, 0) is 31.2 Å². The molecule has 34 heavy (non-hydrogen) atoms. The minimum absolute atomic E-state index is 0.250. The van der Waals surface area contributed by atoms with Crippen LogP contribution in [0.3, 0.4) is 0 Å². The molecule has 184 valence electrons. The zero-order chi connectivity index (χ0) is 24.7. The monoisotopic (exact) mass is 473 g/mol. The fraction of sp³-hybridized carbons (Fsp3) is 0.522. The number of aliphatic carboxylic acids is 1. The number of amides is 4. The molecule has 2 aliphatic rings. The fourth-order valence-electron chi connectivity index (χ4n) is 4.51. The van der Waals surface area contributed by atoms with Crippen molar-refractivity contribution < 1.29 is 29.1 Å². The number of hydrogen-bond donors (Lipinski definition) is 4. The number of nitrogens with zero attached hydrogens (tertiary/aromatic N) is 2. The summed E-state index contributed by atoms with van der Waals surface area (Å²) in [4.78, 5) is 64.6. The molecule has 0 saturated carbocycles. The highest BCUT2D eigenvalue weighted by Gasteiger charge is 2.38. The normalized spacial score (nSPS) is 20.6. The van der Waals surface area contributed by atoms with Gasteiger partial charge in [0.15, 0.2) is 0 Å². The Kier molecular flexibility index (Phi) is 8.58. The number of carbonyl (C=O) groups excluding carboxylic acids is 4. The van der Waals surface area contributed by atoms with Gasteiger partial charge in [-0.25, -0.2) is 4.79 Å². The number of hydrogen-bond acceptors (Lipinski definition) is 6. The van der Waals surface area contributed by atoms with Crippen LogP contribution in [0.4, 0.5) is 0 Å². The van der Waals surface area contributed by atoms with Crippen molar-refractivity contribution >= 4 is 29.6 Å². The summed E-state index contributed by atoms with van der Waals surface area (Å²) >= 11 is 0. The molecule has 0 radical (unpaired) electrons. The maximum Gasteiger partial charge on any atom is 0.326 e. The molecule has 0 spiro atoms. The van der Waals surface area contributed by atoms with E-state index < -0.39 is 41.8 Å². The second-order valence-electron chi connectivity index (χ2n) is 8.50. The van der Waals surface area contributed by atoms with Gasteiger partial charge >= 0.3 is 5.97 Å². The van der Waals surface area contributed by atoms with E-state index in [-0.39, 0.29) is 25.4 Å². The molecule has 0 aliphatic carbocycles. The highest BCUT2D eigenvalue weighted by molar-refractivity contribution is 5.94. The van der Waals surface area contributed by atoms with Crippen LogP contribution in [0.2, 0.25) is 0 Å². The lowest BCUT2D eigenvalue weighted by Gasteiger charge is -2.29. The van der Waals surface area contributed by atoms with Gasteiger partial charge in [-0.1, -0.05) is 30.3 Å². The molecular formula is C23H31N5O6. The van der Waals surface area contributed by atoms with E-state index in [9.17, 15) is 29.1 Å². The van der Waals surface area contributed by atoms with Crippen molar-refractivity contribution in [2.24, 2.45) is 5.73 Å². The van der Waals surface area contributed by atoms with Crippen molar-refractivity contribution in [1.29, 1.82) is 0 Å². The average molecular weight is 474 g/mol. The summed E-state index contributed by atoms with van der Waals surface area (Å²) < 4.78 is 0. The smallest absolute Gasteiger partial charge is 0.326 e. The Hall–Kier alpha value is -3.47. The molecule has 0 unspecified atom stereocenters. The zero-order valence-corrected chi connectivity index (χ0v) is 18.9. The van der Waals surface area contributed by atoms with Crippen LogP contribution in [0.1, 0.15) is 31.2 Å². The summed E-state index contributed by atoms with van der Waals surface area (Å²) in [5, 5.41) is 14.5. The molecule has 0 bridgehead atoms. The molecule has 0 aromatic heterocycles. The Balaban J connectivity index is 1.63. The molecule has 1 aromatic carbocycles. The molecule has 11 heteroatoms. The SMILES string of the molecule is NCC(=O)N[C@@H](Cc1ccccc1)C(=O)N1CCC[C@H]1C(=O)NCC(=O)N1CCC[C@H]1C(=O)O. The third-order valence-electron chi connectivity index (χ3n) is 6.21. The van der Waals surface area contributed by atoms with Gasteiger partial charge in [-0.2, -0.15) is 0 Å². The molecule has 3 atom stereocenters. The second-order valence-corrected chi connectivity index (χ2v) is 8.50. The van der Waals surface area contributed by atoms with E-state index in [0.29, 0.717) is 38.8 Å². The lowest BCUT2D eigenvalue weighted by molar-refractivity contribution is -0.148. The predicted molar refractivity (Wildman–Crippen MR) is 121 cm³/mol. The first-order valence-electron chi connectivity index (χ1n) is 11.5. The predicted octanol–water partition coefficient (Wildman–Crippen LogP) is -1.14. The molecule has 4 amide bonds. The third-order valence-corrected chi connectivity index (χ3v) is 6.21. The van der Waals surface area contributed by atoms with Gasteiger partial charge in [0.1, 0.15) is 18.1 Å². The number of rotatable bonds is 9. The average Bonchev–Trinajstić information content (AvgIpc) is 3.52. The number of benzene rings is 1. The van der Waals surface area contributed by atoms with E-state index in [1.165, 1.54) is 9.80 Å². The number of carboxylic acids is 1. The van der Waals surface area contributed by atoms with Crippen molar-refractivity contribution in [3.8, 4) is 0 Å².